The number of aryl methyl sites for hydroxylation is 1. The third-order valence-electron chi connectivity index (χ3n) is 5.90. The second-order valence-corrected chi connectivity index (χ2v) is 8.27. The third kappa shape index (κ3) is 5.44. The lowest BCUT2D eigenvalue weighted by molar-refractivity contribution is -0.114. The molecule has 0 aliphatic carbocycles. The molecular formula is C29H28N2O5. The average molecular weight is 485 g/mol. The maximum atomic E-state index is 13.2. The minimum atomic E-state index is -0.339. The number of nitrogens with zero attached hydrogens (tertiary/aromatic N) is 2. The molecule has 1 aliphatic rings. The third-order valence-corrected chi connectivity index (χ3v) is 5.90. The summed E-state index contributed by atoms with van der Waals surface area (Å²) in [4.78, 5) is 14.8. The van der Waals surface area contributed by atoms with Crippen molar-refractivity contribution in [1.82, 2.24) is 0 Å². The molecule has 184 valence electrons. The van der Waals surface area contributed by atoms with Crippen LogP contribution >= 0.6 is 0 Å². The van der Waals surface area contributed by atoms with Crippen molar-refractivity contribution in [2.45, 2.75) is 13.3 Å². The SMILES string of the molecule is COc1cc(C=C(C#N)C(=O)N2CCc3ccccc32)cc(OC)c1OCCOc1ccc(C)cc1. The highest BCUT2D eigenvalue weighted by molar-refractivity contribution is 6.12. The van der Waals surface area contributed by atoms with Gasteiger partial charge >= 0.3 is 0 Å². The summed E-state index contributed by atoms with van der Waals surface area (Å²) in [5.74, 6) is 1.69. The summed E-state index contributed by atoms with van der Waals surface area (Å²) < 4.78 is 22.7. The van der Waals surface area contributed by atoms with Crippen molar-refractivity contribution in [3.8, 4) is 29.1 Å². The number of nitriles is 1. The highest BCUT2D eigenvalue weighted by atomic mass is 16.6. The molecule has 0 unspecified atom stereocenters. The van der Waals surface area contributed by atoms with Crippen LogP contribution < -0.4 is 23.8 Å². The summed E-state index contributed by atoms with van der Waals surface area (Å²) in [5, 5.41) is 9.76. The first-order chi connectivity index (χ1) is 17.5. The van der Waals surface area contributed by atoms with Gasteiger partial charge in [0.05, 0.1) is 14.2 Å². The zero-order valence-corrected chi connectivity index (χ0v) is 20.6. The molecule has 1 aliphatic heterocycles. The fraction of sp³-hybridized carbons (Fsp3) is 0.241. The highest BCUT2D eigenvalue weighted by Crippen LogP contribution is 2.39. The van der Waals surface area contributed by atoms with E-state index in [1.807, 2.05) is 61.5 Å². The van der Waals surface area contributed by atoms with E-state index >= 15 is 0 Å². The van der Waals surface area contributed by atoms with Crippen LogP contribution in [0.1, 0.15) is 16.7 Å². The smallest absolute Gasteiger partial charge is 0.268 e. The molecule has 0 bridgehead atoms. The van der Waals surface area contributed by atoms with E-state index in [0.29, 0.717) is 36.0 Å². The lowest BCUT2D eigenvalue weighted by atomic mass is 10.1. The average Bonchev–Trinajstić information content (AvgIpc) is 3.34. The standard InChI is InChI=1S/C29H28N2O5/c1-20-8-10-24(11-9-20)35-14-15-36-28-26(33-2)17-21(18-27(28)34-3)16-23(19-30)29(32)31-13-12-22-6-4-5-7-25(22)31/h4-11,16-18H,12-15H2,1-3H3. The molecule has 0 radical (unpaired) electrons. The van der Waals surface area contributed by atoms with Gasteiger partial charge in [-0.1, -0.05) is 35.9 Å². The van der Waals surface area contributed by atoms with E-state index in [4.69, 9.17) is 18.9 Å². The van der Waals surface area contributed by atoms with E-state index in [-0.39, 0.29) is 18.1 Å². The lowest BCUT2D eigenvalue weighted by Gasteiger charge is -2.17. The Morgan fingerprint density at radius 3 is 2.33 bits per heavy atom. The number of carbonyl (C=O) groups excluding carboxylic acids is 1. The van der Waals surface area contributed by atoms with Crippen LogP contribution in [0, 0.1) is 18.3 Å². The number of benzene rings is 3. The number of amides is 1. The number of ether oxygens (including phenoxy) is 4. The summed E-state index contributed by atoms with van der Waals surface area (Å²) in [5.41, 5.74) is 3.71. The molecule has 1 heterocycles. The van der Waals surface area contributed by atoms with Gasteiger partial charge in [0.15, 0.2) is 11.5 Å². The number of anilines is 1. The van der Waals surface area contributed by atoms with E-state index in [0.717, 1.165) is 29.0 Å². The first-order valence-electron chi connectivity index (χ1n) is 11.6. The van der Waals surface area contributed by atoms with Gasteiger partial charge in [-0.2, -0.15) is 5.26 Å². The molecule has 0 saturated carbocycles. The molecule has 4 rings (SSSR count). The van der Waals surface area contributed by atoms with Gasteiger partial charge in [-0.15, -0.1) is 0 Å². The molecule has 3 aromatic carbocycles. The molecule has 36 heavy (non-hydrogen) atoms. The van der Waals surface area contributed by atoms with E-state index in [1.165, 1.54) is 14.2 Å². The van der Waals surface area contributed by atoms with Crippen molar-refractivity contribution in [3.63, 3.8) is 0 Å². The first-order valence-corrected chi connectivity index (χ1v) is 11.6. The molecular weight excluding hydrogens is 456 g/mol. The Morgan fingerprint density at radius 2 is 1.67 bits per heavy atom. The van der Waals surface area contributed by atoms with Gasteiger partial charge in [-0.05, 0) is 60.9 Å². The number of hydrogen-bond acceptors (Lipinski definition) is 6. The largest absolute Gasteiger partial charge is 0.493 e. The molecule has 0 spiro atoms. The second-order valence-electron chi connectivity index (χ2n) is 8.27. The van der Waals surface area contributed by atoms with Gasteiger partial charge in [-0.3, -0.25) is 4.79 Å². The number of methoxy groups -OCH3 is 2. The van der Waals surface area contributed by atoms with Crippen LogP contribution in [0.15, 0.2) is 66.2 Å². The topological polar surface area (TPSA) is 81.0 Å². The van der Waals surface area contributed by atoms with Crippen molar-refractivity contribution in [1.29, 1.82) is 5.26 Å². The predicted octanol–water partition coefficient (Wildman–Crippen LogP) is 4.97. The van der Waals surface area contributed by atoms with Crippen molar-refractivity contribution in [2.75, 3.05) is 38.9 Å². The Balaban J connectivity index is 1.50. The highest BCUT2D eigenvalue weighted by Gasteiger charge is 2.27. The first kappa shape index (κ1) is 24.7. The number of rotatable bonds is 9. The van der Waals surface area contributed by atoms with Crippen molar-refractivity contribution >= 4 is 17.7 Å². The fourth-order valence-corrected chi connectivity index (χ4v) is 4.07. The quantitative estimate of drug-likeness (QED) is 0.242. The monoisotopic (exact) mass is 484 g/mol. The Morgan fingerprint density at radius 1 is 1.00 bits per heavy atom. The van der Waals surface area contributed by atoms with Crippen LogP contribution in [0.3, 0.4) is 0 Å². The van der Waals surface area contributed by atoms with Crippen LogP contribution in [0.5, 0.6) is 23.0 Å². The van der Waals surface area contributed by atoms with Crippen LogP contribution in [0.2, 0.25) is 0 Å². The van der Waals surface area contributed by atoms with Gasteiger partial charge in [0, 0.05) is 12.2 Å². The van der Waals surface area contributed by atoms with Crippen LogP contribution in [-0.2, 0) is 11.2 Å². The Hall–Kier alpha value is -4.44. The molecule has 7 nitrogen and oxygen atoms in total. The molecule has 0 saturated heterocycles. The van der Waals surface area contributed by atoms with Gasteiger partial charge < -0.3 is 23.8 Å². The van der Waals surface area contributed by atoms with E-state index in [2.05, 4.69) is 0 Å². The van der Waals surface area contributed by atoms with Gasteiger partial charge in [0.2, 0.25) is 5.75 Å². The zero-order chi connectivity index (χ0) is 25.5. The summed E-state index contributed by atoms with van der Waals surface area (Å²) in [6.45, 7) is 3.17. The predicted molar refractivity (Wildman–Crippen MR) is 138 cm³/mol. The number of para-hydroxylation sites is 1. The second kappa shape index (κ2) is 11.3. The van der Waals surface area contributed by atoms with Gasteiger partial charge in [0.1, 0.15) is 30.6 Å². The summed E-state index contributed by atoms with van der Waals surface area (Å²) in [7, 11) is 3.05. The zero-order valence-electron chi connectivity index (χ0n) is 20.6. The molecule has 1 amide bonds. The Bertz CT molecular complexity index is 1280. The van der Waals surface area contributed by atoms with E-state index in [1.54, 1.807) is 23.1 Å². The maximum absolute atomic E-state index is 13.2. The molecule has 0 aromatic heterocycles. The van der Waals surface area contributed by atoms with Gasteiger partial charge in [0.25, 0.3) is 5.91 Å². The number of fused-ring (bicyclic) bond motifs is 1. The molecule has 7 heteroatoms. The summed E-state index contributed by atoms with van der Waals surface area (Å²) in [6, 6.07) is 21.0. The molecule has 0 atom stereocenters. The normalized spacial score (nSPS) is 12.5. The molecule has 3 aromatic rings. The summed E-state index contributed by atoms with van der Waals surface area (Å²) >= 11 is 0. The Labute approximate surface area is 211 Å². The number of hydrogen-bond donors (Lipinski definition) is 0. The van der Waals surface area contributed by atoms with E-state index < -0.39 is 0 Å². The number of carbonyl (C=O) groups is 1. The fourth-order valence-electron chi connectivity index (χ4n) is 4.07. The Kier molecular flexibility index (Phi) is 7.76. The van der Waals surface area contributed by atoms with Crippen molar-refractivity contribution in [3.05, 3.63) is 82.9 Å². The van der Waals surface area contributed by atoms with Crippen LogP contribution in [0.25, 0.3) is 6.08 Å². The van der Waals surface area contributed by atoms with Crippen molar-refractivity contribution in [2.24, 2.45) is 0 Å². The van der Waals surface area contributed by atoms with Crippen LogP contribution in [0.4, 0.5) is 5.69 Å². The minimum Gasteiger partial charge on any atom is -0.493 e. The lowest BCUT2D eigenvalue weighted by Crippen LogP contribution is -2.29. The maximum Gasteiger partial charge on any atom is 0.268 e. The van der Waals surface area contributed by atoms with Crippen LogP contribution in [-0.4, -0.2) is 39.9 Å². The molecule has 0 fully saturated rings. The molecule has 0 N–H and O–H groups in total. The van der Waals surface area contributed by atoms with Crippen molar-refractivity contribution < 1.29 is 23.7 Å². The van der Waals surface area contributed by atoms with Gasteiger partial charge in [-0.25, -0.2) is 0 Å². The van der Waals surface area contributed by atoms with E-state index in [9.17, 15) is 10.1 Å². The minimum absolute atomic E-state index is 0.0241. The summed E-state index contributed by atoms with van der Waals surface area (Å²) in [6.07, 6.45) is 2.31.